The molecule has 3 rings (SSSR count). The second kappa shape index (κ2) is 8.36. The van der Waals surface area contributed by atoms with Crippen LogP contribution in [-0.2, 0) is 0 Å². The Morgan fingerprint density at radius 1 is 1.31 bits per heavy atom. The molecule has 0 radical (unpaired) electrons. The summed E-state index contributed by atoms with van der Waals surface area (Å²) in [5, 5.41) is 17.5. The molecule has 1 aliphatic carbocycles. The van der Waals surface area contributed by atoms with Crippen LogP contribution in [0.5, 0.6) is 5.75 Å². The standard InChI is InChI=1S/C20H27N3O3/c1-14-12-18(22-23(14)16-6-4-3-5-7-16)20(25)21-13-19(24)15-8-10-17(26-2)11-9-15/h8-12,16,19,24H,3-7,13H2,1-2H3,(H,21,25). The zero-order valence-electron chi connectivity index (χ0n) is 15.4. The molecule has 1 aromatic heterocycles. The lowest BCUT2D eigenvalue weighted by Crippen LogP contribution is -2.29. The van der Waals surface area contributed by atoms with Crippen molar-refractivity contribution in [1.82, 2.24) is 15.1 Å². The van der Waals surface area contributed by atoms with E-state index in [4.69, 9.17) is 4.74 Å². The van der Waals surface area contributed by atoms with Gasteiger partial charge >= 0.3 is 0 Å². The summed E-state index contributed by atoms with van der Waals surface area (Å²) in [7, 11) is 1.60. The summed E-state index contributed by atoms with van der Waals surface area (Å²) in [5.74, 6) is 0.476. The third-order valence-corrected chi connectivity index (χ3v) is 5.03. The fraction of sp³-hybridized carbons (Fsp3) is 0.500. The van der Waals surface area contributed by atoms with Gasteiger partial charge in [0.15, 0.2) is 0 Å². The summed E-state index contributed by atoms with van der Waals surface area (Å²) in [6.45, 7) is 2.13. The van der Waals surface area contributed by atoms with Gasteiger partial charge in [-0.25, -0.2) is 0 Å². The minimum Gasteiger partial charge on any atom is -0.497 e. The first kappa shape index (κ1) is 18.5. The van der Waals surface area contributed by atoms with Gasteiger partial charge in [0.05, 0.1) is 19.3 Å². The number of hydrogen-bond donors (Lipinski definition) is 2. The number of carbonyl (C=O) groups excluding carboxylic acids is 1. The SMILES string of the molecule is COc1ccc(C(O)CNC(=O)c2cc(C)n(C3CCCCC3)n2)cc1. The number of ether oxygens (including phenoxy) is 1. The minimum absolute atomic E-state index is 0.139. The number of amides is 1. The minimum atomic E-state index is -0.772. The number of nitrogens with one attached hydrogen (secondary N) is 1. The molecule has 1 saturated carbocycles. The van der Waals surface area contributed by atoms with Crippen LogP contribution >= 0.6 is 0 Å². The number of rotatable bonds is 6. The average molecular weight is 357 g/mol. The van der Waals surface area contributed by atoms with E-state index in [2.05, 4.69) is 10.4 Å². The van der Waals surface area contributed by atoms with Crippen LogP contribution in [0.15, 0.2) is 30.3 Å². The molecule has 140 valence electrons. The molecule has 1 aliphatic rings. The molecule has 6 heteroatoms. The number of aryl methyl sites for hydroxylation is 1. The van der Waals surface area contributed by atoms with Crippen molar-refractivity contribution in [3.63, 3.8) is 0 Å². The third kappa shape index (κ3) is 4.25. The Hall–Kier alpha value is -2.34. The second-order valence-corrected chi connectivity index (χ2v) is 6.91. The van der Waals surface area contributed by atoms with Gasteiger partial charge in [-0.2, -0.15) is 5.10 Å². The maximum absolute atomic E-state index is 12.4. The van der Waals surface area contributed by atoms with Gasteiger partial charge < -0.3 is 15.2 Å². The largest absolute Gasteiger partial charge is 0.497 e. The molecule has 0 saturated heterocycles. The van der Waals surface area contributed by atoms with E-state index in [1.54, 1.807) is 31.4 Å². The third-order valence-electron chi connectivity index (χ3n) is 5.03. The maximum atomic E-state index is 12.4. The van der Waals surface area contributed by atoms with Gasteiger partial charge in [-0.05, 0) is 43.5 Å². The van der Waals surface area contributed by atoms with Crippen LogP contribution in [0.4, 0.5) is 0 Å². The smallest absolute Gasteiger partial charge is 0.271 e. The average Bonchev–Trinajstić information content (AvgIpc) is 3.08. The van der Waals surface area contributed by atoms with Crippen LogP contribution in [0.1, 0.15) is 66.0 Å². The van der Waals surface area contributed by atoms with E-state index >= 15 is 0 Å². The number of aliphatic hydroxyl groups excluding tert-OH is 1. The number of carbonyl (C=O) groups is 1. The molecular weight excluding hydrogens is 330 g/mol. The summed E-state index contributed by atoms with van der Waals surface area (Å²) in [4.78, 5) is 12.4. The van der Waals surface area contributed by atoms with Crippen LogP contribution in [0.25, 0.3) is 0 Å². The van der Waals surface area contributed by atoms with Crippen LogP contribution < -0.4 is 10.1 Å². The number of nitrogens with zero attached hydrogens (tertiary/aromatic N) is 2. The summed E-state index contributed by atoms with van der Waals surface area (Å²) >= 11 is 0. The van der Waals surface area contributed by atoms with Crippen LogP contribution in [0.2, 0.25) is 0 Å². The van der Waals surface area contributed by atoms with Crippen molar-refractivity contribution in [1.29, 1.82) is 0 Å². The lowest BCUT2D eigenvalue weighted by Gasteiger charge is -2.23. The first-order valence-corrected chi connectivity index (χ1v) is 9.25. The molecule has 2 N–H and O–H groups in total. The molecular formula is C20H27N3O3. The predicted molar refractivity (Wildman–Crippen MR) is 99.4 cm³/mol. The van der Waals surface area contributed by atoms with Gasteiger partial charge in [0.2, 0.25) is 0 Å². The molecule has 0 bridgehead atoms. The first-order valence-electron chi connectivity index (χ1n) is 9.25. The molecule has 1 unspecified atom stereocenters. The van der Waals surface area contributed by atoms with Gasteiger partial charge in [-0.3, -0.25) is 9.48 Å². The second-order valence-electron chi connectivity index (χ2n) is 6.91. The first-order chi connectivity index (χ1) is 12.6. The lowest BCUT2D eigenvalue weighted by molar-refractivity contribution is 0.0910. The Balaban J connectivity index is 1.59. The molecule has 2 aromatic rings. The number of benzene rings is 1. The summed E-state index contributed by atoms with van der Waals surface area (Å²) in [5.41, 5.74) is 2.16. The molecule has 1 amide bonds. The fourth-order valence-corrected chi connectivity index (χ4v) is 3.52. The van der Waals surface area contributed by atoms with E-state index in [1.807, 2.05) is 17.7 Å². The summed E-state index contributed by atoms with van der Waals surface area (Å²) in [6, 6.07) is 9.37. The highest BCUT2D eigenvalue weighted by Gasteiger charge is 2.21. The van der Waals surface area contributed by atoms with E-state index in [0.29, 0.717) is 11.7 Å². The highest BCUT2D eigenvalue weighted by atomic mass is 16.5. The number of methoxy groups -OCH3 is 1. The Morgan fingerprint density at radius 3 is 2.65 bits per heavy atom. The topological polar surface area (TPSA) is 76.4 Å². The highest BCUT2D eigenvalue weighted by Crippen LogP contribution is 2.28. The Labute approximate surface area is 154 Å². The lowest BCUT2D eigenvalue weighted by atomic mass is 9.95. The fourth-order valence-electron chi connectivity index (χ4n) is 3.52. The zero-order valence-corrected chi connectivity index (χ0v) is 15.4. The molecule has 0 aliphatic heterocycles. The molecule has 0 spiro atoms. The summed E-state index contributed by atoms with van der Waals surface area (Å²) < 4.78 is 7.10. The summed E-state index contributed by atoms with van der Waals surface area (Å²) in [6.07, 6.45) is 5.21. The number of aliphatic hydroxyl groups is 1. The van der Waals surface area contributed by atoms with Gasteiger partial charge in [0.1, 0.15) is 11.4 Å². The van der Waals surface area contributed by atoms with Gasteiger partial charge in [-0.15, -0.1) is 0 Å². The van der Waals surface area contributed by atoms with Crippen LogP contribution in [0.3, 0.4) is 0 Å². The van der Waals surface area contributed by atoms with Crippen molar-refractivity contribution < 1.29 is 14.6 Å². The van der Waals surface area contributed by atoms with E-state index in [-0.39, 0.29) is 12.5 Å². The molecule has 1 aromatic carbocycles. The normalized spacial score (nSPS) is 16.3. The highest BCUT2D eigenvalue weighted by molar-refractivity contribution is 5.92. The molecule has 1 atom stereocenters. The van der Waals surface area contributed by atoms with Gasteiger partial charge in [0.25, 0.3) is 5.91 Å². The van der Waals surface area contributed by atoms with E-state index in [0.717, 1.165) is 29.8 Å². The predicted octanol–water partition coefficient (Wildman–Crippen LogP) is 3.17. The van der Waals surface area contributed by atoms with Crippen molar-refractivity contribution in [2.45, 2.75) is 51.2 Å². The zero-order chi connectivity index (χ0) is 18.5. The van der Waals surface area contributed by atoms with E-state index in [1.165, 1.54) is 19.3 Å². The molecule has 26 heavy (non-hydrogen) atoms. The number of hydrogen-bond acceptors (Lipinski definition) is 4. The van der Waals surface area contributed by atoms with Crippen molar-refractivity contribution >= 4 is 5.91 Å². The maximum Gasteiger partial charge on any atom is 0.271 e. The van der Waals surface area contributed by atoms with Crippen LogP contribution in [-0.4, -0.2) is 34.4 Å². The van der Waals surface area contributed by atoms with Crippen molar-refractivity contribution in [3.8, 4) is 5.75 Å². The Morgan fingerprint density at radius 2 is 2.00 bits per heavy atom. The Bertz CT molecular complexity index is 733. The molecule has 6 nitrogen and oxygen atoms in total. The van der Waals surface area contributed by atoms with Crippen molar-refractivity contribution in [2.75, 3.05) is 13.7 Å². The van der Waals surface area contributed by atoms with Gasteiger partial charge in [0, 0.05) is 12.2 Å². The Kier molecular flexibility index (Phi) is 5.93. The monoisotopic (exact) mass is 357 g/mol. The van der Waals surface area contributed by atoms with Gasteiger partial charge in [-0.1, -0.05) is 31.4 Å². The number of aromatic nitrogens is 2. The quantitative estimate of drug-likeness (QED) is 0.832. The van der Waals surface area contributed by atoms with Crippen molar-refractivity contribution in [3.05, 3.63) is 47.3 Å². The van der Waals surface area contributed by atoms with Crippen LogP contribution in [0, 0.1) is 6.92 Å². The van der Waals surface area contributed by atoms with Crippen molar-refractivity contribution in [2.24, 2.45) is 0 Å². The van der Waals surface area contributed by atoms with E-state index in [9.17, 15) is 9.90 Å². The molecule has 1 heterocycles. The van der Waals surface area contributed by atoms with E-state index < -0.39 is 6.10 Å². The molecule has 1 fully saturated rings.